The molecule has 6 heteroatoms. The number of nitrogens with zero attached hydrogens (tertiary/aromatic N) is 2. The van der Waals surface area contributed by atoms with E-state index in [4.69, 9.17) is 5.73 Å². The van der Waals surface area contributed by atoms with Gasteiger partial charge in [-0.1, -0.05) is 30.3 Å². The predicted molar refractivity (Wildman–Crippen MR) is 93.8 cm³/mol. The molecule has 1 atom stereocenters. The highest BCUT2D eigenvalue weighted by molar-refractivity contribution is 5.85. The van der Waals surface area contributed by atoms with Crippen LogP contribution in [0, 0.1) is 0 Å². The summed E-state index contributed by atoms with van der Waals surface area (Å²) in [5, 5.41) is 0. The maximum Gasteiger partial charge on any atom is 0.239 e. The first-order chi connectivity index (χ1) is 9.74. The number of benzene rings is 1. The Labute approximate surface area is 144 Å². The number of amides is 1. The van der Waals surface area contributed by atoms with Crippen LogP contribution in [0.4, 0.5) is 0 Å². The molecule has 4 nitrogen and oxygen atoms in total. The van der Waals surface area contributed by atoms with Crippen LogP contribution in [0.2, 0.25) is 0 Å². The van der Waals surface area contributed by atoms with E-state index in [1.54, 1.807) is 0 Å². The van der Waals surface area contributed by atoms with Crippen molar-refractivity contribution in [1.29, 1.82) is 0 Å². The average Bonchev–Trinajstić information content (AvgIpc) is 3.32. The molecule has 0 spiro atoms. The summed E-state index contributed by atoms with van der Waals surface area (Å²) in [5.41, 5.74) is 7.21. The Morgan fingerprint density at radius 3 is 2.23 bits per heavy atom. The van der Waals surface area contributed by atoms with Crippen molar-refractivity contribution in [2.24, 2.45) is 5.73 Å². The van der Waals surface area contributed by atoms with Crippen molar-refractivity contribution in [3.8, 4) is 0 Å². The molecular weight excluding hydrogens is 321 g/mol. The molecule has 1 saturated carbocycles. The summed E-state index contributed by atoms with van der Waals surface area (Å²) in [6, 6.07) is 10.4. The first-order valence-corrected chi connectivity index (χ1v) is 7.56. The van der Waals surface area contributed by atoms with Crippen molar-refractivity contribution in [2.45, 2.75) is 31.3 Å². The molecule has 22 heavy (non-hydrogen) atoms. The molecule has 2 N–H and O–H groups in total. The molecule has 3 rings (SSSR count). The van der Waals surface area contributed by atoms with Gasteiger partial charge in [-0.15, -0.1) is 24.8 Å². The smallest absolute Gasteiger partial charge is 0.239 e. The standard InChI is InChI=1S/C16H23N3O.2ClH/c17-15(12-13-4-2-1-3-5-13)16(20)19-10-8-18(9-11-19)14-6-7-14;;/h1-5,14-15H,6-12,17H2;2*1H/t15-;;/m0../s1. The average molecular weight is 346 g/mol. The van der Waals surface area contributed by atoms with E-state index in [2.05, 4.69) is 4.90 Å². The van der Waals surface area contributed by atoms with Crippen LogP contribution >= 0.6 is 24.8 Å². The number of piperazine rings is 1. The Balaban J connectivity index is 0.00000121. The molecule has 0 aromatic heterocycles. The summed E-state index contributed by atoms with van der Waals surface area (Å²) < 4.78 is 0. The molecule has 1 saturated heterocycles. The molecule has 1 amide bonds. The maximum absolute atomic E-state index is 12.4. The number of carbonyl (C=O) groups excluding carboxylic acids is 1. The summed E-state index contributed by atoms with van der Waals surface area (Å²) in [6.07, 6.45) is 3.30. The molecule has 2 fully saturated rings. The Morgan fingerprint density at radius 1 is 1.09 bits per heavy atom. The van der Waals surface area contributed by atoms with E-state index in [-0.39, 0.29) is 30.7 Å². The van der Waals surface area contributed by atoms with E-state index in [1.807, 2.05) is 35.2 Å². The van der Waals surface area contributed by atoms with Crippen molar-refractivity contribution in [3.05, 3.63) is 35.9 Å². The summed E-state index contributed by atoms with van der Waals surface area (Å²) in [6.45, 7) is 3.68. The zero-order valence-electron chi connectivity index (χ0n) is 12.7. The van der Waals surface area contributed by atoms with Gasteiger partial charge < -0.3 is 10.6 Å². The number of rotatable bonds is 4. The van der Waals surface area contributed by atoms with Gasteiger partial charge in [-0.25, -0.2) is 0 Å². The van der Waals surface area contributed by atoms with Crippen molar-refractivity contribution < 1.29 is 4.79 Å². The second kappa shape index (κ2) is 8.73. The fourth-order valence-electron chi connectivity index (χ4n) is 2.94. The topological polar surface area (TPSA) is 49.6 Å². The van der Waals surface area contributed by atoms with Crippen molar-refractivity contribution in [3.63, 3.8) is 0 Å². The molecule has 2 aliphatic rings. The Kier molecular flexibility index (Phi) is 7.63. The van der Waals surface area contributed by atoms with E-state index in [0.29, 0.717) is 6.42 Å². The van der Waals surface area contributed by atoms with Crippen LogP contribution < -0.4 is 5.73 Å². The quantitative estimate of drug-likeness (QED) is 0.903. The van der Waals surface area contributed by atoms with Gasteiger partial charge in [0.25, 0.3) is 0 Å². The van der Waals surface area contributed by atoms with Gasteiger partial charge in [0.15, 0.2) is 0 Å². The third kappa shape index (κ3) is 4.85. The number of halogens is 2. The van der Waals surface area contributed by atoms with Gasteiger partial charge in [-0.05, 0) is 24.8 Å². The van der Waals surface area contributed by atoms with Gasteiger partial charge >= 0.3 is 0 Å². The first-order valence-electron chi connectivity index (χ1n) is 7.56. The lowest BCUT2D eigenvalue weighted by atomic mass is 10.1. The van der Waals surface area contributed by atoms with Crippen LogP contribution in [0.1, 0.15) is 18.4 Å². The van der Waals surface area contributed by atoms with Crippen molar-refractivity contribution in [1.82, 2.24) is 9.80 Å². The zero-order chi connectivity index (χ0) is 13.9. The van der Waals surface area contributed by atoms with Crippen LogP contribution in [-0.2, 0) is 11.2 Å². The Hall–Kier alpha value is -0.810. The highest BCUT2D eigenvalue weighted by atomic mass is 35.5. The number of nitrogens with two attached hydrogens (primary N) is 1. The van der Waals surface area contributed by atoms with E-state index in [9.17, 15) is 4.79 Å². The van der Waals surface area contributed by atoms with Gasteiger partial charge in [-0.3, -0.25) is 9.69 Å². The third-order valence-electron chi connectivity index (χ3n) is 4.30. The fourth-order valence-corrected chi connectivity index (χ4v) is 2.94. The van der Waals surface area contributed by atoms with Gasteiger partial charge in [0.05, 0.1) is 6.04 Å². The highest BCUT2D eigenvalue weighted by Gasteiger charge is 2.33. The lowest BCUT2D eigenvalue weighted by Crippen LogP contribution is -2.54. The van der Waals surface area contributed by atoms with Crippen molar-refractivity contribution in [2.75, 3.05) is 26.2 Å². The molecule has 1 heterocycles. The first kappa shape index (κ1) is 19.2. The SMILES string of the molecule is Cl.Cl.N[C@@H](Cc1ccccc1)C(=O)N1CCN(C2CC2)CC1. The molecule has 124 valence electrons. The van der Waals surface area contributed by atoms with Gasteiger partial charge in [0.2, 0.25) is 5.91 Å². The summed E-state index contributed by atoms with van der Waals surface area (Å²) >= 11 is 0. The largest absolute Gasteiger partial charge is 0.339 e. The minimum atomic E-state index is -0.412. The van der Waals surface area contributed by atoms with Crippen molar-refractivity contribution >= 4 is 30.7 Å². The normalized spacial score (nSPS) is 19.8. The molecule has 0 bridgehead atoms. The number of carbonyl (C=O) groups is 1. The van der Waals surface area contributed by atoms with Gasteiger partial charge in [0.1, 0.15) is 0 Å². The van der Waals surface area contributed by atoms with Gasteiger partial charge in [0, 0.05) is 32.2 Å². The second-order valence-electron chi connectivity index (χ2n) is 5.89. The van der Waals surface area contributed by atoms with Crippen LogP contribution in [-0.4, -0.2) is 54.0 Å². The fraction of sp³-hybridized carbons (Fsp3) is 0.562. The minimum absolute atomic E-state index is 0. The molecule has 1 aliphatic carbocycles. The third-order valence-corrected chi connectivity index (χ3v) is 4.30. The number of hydrogen-bond acceptors (Lipinski definition) is 3. The maximum atomic E-state index is 12.4. The lowest BCUT2D eigenvalue weighted by Gasteiger charge is -2.36. The highest BCUT2D eigenvalue weighted by Crippen LogP contribution is 2.27. The molecule has 0 radical (unpaired) electrons. The Bertz CT molecular complexity index is 460. The molecule has 1 aromatic rings. The van der Waals surface area contributed by atoms with E-state index >= 15 is 0 Å². The van der Waals surface area contributed by atoms with Crippen LogP contribution in [0.5, 0.6) is 0 Å². The molecule has 1 aliphatic heterocycles. The number of hydrogen-bond donors (Lipinski definition) is 1. The lowest BCUT2D eigenvalue weighted by molar-refractivity contribution is -0.134. The van der Waals surface area contributed by atoms with E-state index < -0.39 is 6.04 Å². The van der Waals surface area contributed by atoms with E-state index in [0.717, 1.165) is 37.8 Å². The van der Waals surface area contributed by atoms with Crippen LogP contribution in [0.25, 0.3) is 0 Å². The zero-order valence-corrected chi connectivity index (χ0v) is 14.3. The predicted octanol–water partition coefficient (Wildman–Crippen LogP) is 1.71. The van der Waals surface area contributed by atoms with Gasteiger partial charge in [-0.2, -0.15) is 0 Å². The molecule has 0 unspecified atom stereocenters. The van der Waals surface area contributed by atoms with E-state index in [1.165, 1.54) is 12.8 Å². The molecular formula is C16H25Cl2N3O. The second-order valence-corrected chi connectivity index (χ2v) is 5.89. The minimum Gasteiger partial charge on any atom is -0.339 e. The molecule has 1 aromatic carbocycles. The summed E-state index contributed by atoms with van der Waals surface area (Å²) in [4.78, 5) is 16.8. The summed E-state index contributed by atoms with van der Waals surface area (Å²) in [5.74, 6) is 0.101. The van der Waals surface area contributed by atoms with Crippen LogP contribution in [0.15, 0.2) is 30.3 Å². The van der Waals surface area contributed by atoms with Crippen LogP contribution in [0.3, 0.4) is 0 Å². The summed E-state index contributed by atoms with van der Waals surface area (Å²) in [7, 11) is 0. The Morgan fingerprint density at radius 2 is 1.68 bits per heavy atom. The monoisotopic (exact) mass is 345 g/mol.